The standard InChI is InChI=1S/C18H21N3O4S/c22-17(19-12-18(23)21-15-6-7-15)9-10-20-26(24,25)16-8-5-13-3-1-2-4-14(13)11-16/h1-5,8,11,15,20H,6-7,9-10,12H2,(H,19,22)(H,21,23). The molecule has 7 nitrogen and oxygen atoms in total. The van der Waals surface area contributed by atoms with Gasteiger partial charge in [0.15, 0.2) is 0 Å². The predicted molar refractivity (Wildman–Crippen MR) is 97.9 cm³/mol. The van der Waals surface area contributed by atoms with Crippen LogP contribution in [-0.4, -0.2) is 39.4 Å². The highest BCUT2D eigenvalue weighted by Crippen LogP contribution is 2.19. The molecule has 1 aliphatic carbocycles. The van der Waals surface area contributed by atoms with Crippen LogP contribution in [0.2, 0.25) is 0 Å². The number of hydrogen-bond acceptors (Lipinski definition) is 4. The largest absolute Gasteiger partial charge is 0.352 e. The first kappa shape index (κ1) is 18.3. The van der Waals surface area contributed by atoms with Crippen LogP contribution in [0.15, 0.2) is 47.4 Å². The lowest BCUT2D eigenvalue weighted by molar-refractivity contribution is -0.126. The van der Waals surface area contributed by atoms with Gasteiger partial charge in [0.25, 0.3) is 0 Å². The Morgan fingerprint density at radius 2 is 1.73 bits per heavy atom. The highest BCUT2D eigenvalue weighted by molar-refractivity contribution is 7.89. The van der Waals surface area contributed by atoms with Gasteiger partial charge in [0, 0.05) is 19.0 Å². The van der Waals surface area contributed by atoms with Crippen LogP contribution < -0.4 is 15.4 Å². The van der Waals surface area contributed by atoms with Crippen LogP contribution in [0.3, 0.4) is 0 Å². The van der Waals surface area contributed by atoms with Crippen LogP contribution in [0.5, 0.6) is 0 Å². The summed E-state index contributed by atoms with van der Waals surface area (Å²) in [5, 5.41) is 7.02. The second-order valence-electron chi connectivity index (χ2n) is 6.28. The van der Waals surface area contributed by atoms with E-state index in [4.69, 9.17) is 0 Å². The van der Waals surface area contributed by atoms with Crippen molar-refractivity contribution >= 4 is 32.6 Å². The van der Waals surface area contributed by atoms with Crippen molar-refractivity contribution in [2.75, 3.05) is 13.1 Å². The third-order valence-electron chi connectivity index (χ3n) is 4.06. The third-order valence-corrected chi connectivity index (χ3v) is 5.52. The number of carbonyl (C=O) groups excluding carboxylic acids is 2. The van der Waals surface area contributed by atoms with E-state index in [1.807, 2.05) is 24.3 Å². The quantitative estimate of drug-likeness (QED) is 0.638. The van der Waals surface area contributed by atoms with Gasteiger partial charge < -0.3 is 10.6 Å². The number of rotatable bonds is 8. The van der Waals surface area contributed by atoms with Crippen molar-refractivity contribution < 1.29 is 18.0 Å². The van der Waals surface area contributed by atoms with Gasteiger partial charge >= 0.3 is 0 Å². The van der Waals surface area contributed by atoms with Crippen LogP contribution in [-0.2, 0) is 19.6 Å². The van der Waals surface area contributed by atoms with Crippen molar-refractivity contribution in [1.82, 2.24) is 15.4 Å². The number of amides is 2. The molecule has 0 heterocycles. The number of benzene rings is 2. The zero-order chi connectivity index (χ0) is 18.6. The fourth-order valence-corrected chi connectivity index (χ4v) is 3.56. The number of hydrogen-bond donors (Lipinski definition) is 3. The molecule has 2 aromatic rings. The Kier molecular flexibility index (Phi) is 5.53. The van der Waals surface area contributed by atoms with Crippen molar-refractivity contribution in [1.29, 1.82) is 0 Å². The molecule has 0 aliphatic heterocycles. The summed E-state index contributed by atoms with van der Waals surface area (Å²) in [5.41, 5.74) is 0. The molecule has 0 spiro atoms. The number of nitrogens with one attached hydrogen (secondary N) is 3. The topological polar surface area (TPSA) is 104 Å². The summed E-state index contributed by atoms with van der Waals surface area (Å²) in [5.74, 6) is -0.602. The molecule has 0 saturated heterocycles. The van der Waals surface area contributed by atoms with Crippen molar-refractivity contribution in [2.24, 2.45) is 0 Å². The maximum absolute atomic E-state index is 12.3. The Bertz CT molecular complexity index is 923. The summed E-state index contributed by atoms with van der Waals surface area (Å²) in [6.45, 7) is -0.127. The lowest BCUT2D eigenvalue weighted by Gasteiger charge is -2.09. The van der Waals surface area contributed by atoms with Gasteiger partial charge in [-0.1, -0.05) is 30.3 Å². The van der Waals surface area contributed by atoms with Crippen LogP contribution in [0.1, 0.15) is 19.3 Å². The van der Waals surface area contributed by atoms with Gasteiger partial charge in [-0.2, -0.15) is 0 Å². The molecule has 0 bridgehead atoms. The zero-order valence-electron chi connectivity index (χ0n) is 14.2. The number of fused-ring (bicyclic) bond motifs is 1. The van der Waals surface area contributed by atoms with Crippen molar-refractivity contribution in [3.05, 3.63) is 42.5 Å². The Morgan fingerprint density at radius 1 is 1.00 bits per heavy atom. The molecule has 0 radical (unpaired) electrons. The summed E-state index contributed by atoms with van der Waals surface area (Å²) >= 11 is 0. The minimum Gasteiger partial charge on any atom is -0.352 e. The number of sulfonamides is 1. The smallest absolute Gasteiger partial charge is 0.240 e. The minimum atomic E-state index is -3.70. The average Bonchev–Trinajstić information content (AvgIpc) is 3.43. The van der Waals surface area contributed by atoms with Crippen molar-refractivity contribution in [2.45, 2.75) is 30.2 Å². The molecular formula is C18H21N3O4S. The summed E-state index contributed by atoms with van der Waals surface area (Å²) < 4.78 is 27.1. The molecule has 1 saturated carbocycles. The summed E-state index contributed by atoms with van der Waals surface area (Å²) in [6, 6.07) is 12.6. The molecule has 138 valence electrons. The van der Waals surface area contributed by atoms with E-state index in [2.05, 4.69) is 15.4 Å². The predicted octanol–water partition coefficient (Wildman–Crippen LogP) is 0.903. The molecule has 2 amide bonds. The van der Waals surface area contributed by atoms with E-state index < -0.39 is 10.0 Å². The molecule has 1 aliphatic rings. The molecule has 0 atom stereocenters. The molecule has 8 heteroatoms. The van der Waals surface area contributed by atoms with Gasteiger partial charge in [0.05, 0.1) is 11.4 Å². The molecular weight excluding hydrogens is 354 g/mol. The fourth-order valence-electron chi connectivity index (χ4n) is 2.49. The van der Waals surface area contributed by atoms with E-state index in [1.165, 1.54) is 6.07 Å². The average molecular weight is 375 g/mol. The molecule has 1 fully saturated rings. The van der Waals surface area contributed by atoms with Gasteiger partial charge in [-0.05, 0) is 35.7 Å². The maximum atomic E-state index is 12.3. The van der Waals surface area contributed by atoms with Gasteiger partial charge in [-0.3, -0.25) is 9.59 Å². The Morgan fingerprint density at radius 3 is 2.46 bits per heavy atom. The SMILES string of the molecule is O=C(CCNS(=O)(=O)c1ccc2ccccc2c1)NCC(=O)NC1CC1. The molecule has 0 aromatic heterocycles. The second-order valence-corrected chi connectivity index (χ2v) is 8.04. The molecule has 26 heavy (non-hydrogen) atoms. The van der Waals surface area contributed by atoms with Crippen LogP contribution in [0, 0.1) is 0 Å². The van der Waals surface area contributed by atoms with Gasteiger partial charge in [-0.15, -0.1) is 0 Å². The third kappa shape index (κ3) is 5.03. The molecule has 0 unspecified atom stereocenters. The van der Waals surface area contributed by atoms with Gasteiger partial charge in [-0.25, -0.2) is 13.1 Å². The van der Waals surface area contributed by atoms with E-state index in [9.17, 15) is 18.0 Å². The monoisotopic (exact) mass is 375 g/mol. The second kappa shape index (κ2) is 7.84. The van der Waals surface area contributed by atoms with Crippen molar-refractivity contribution in [3.63, 3.8) is 0 Å². The summed E-state index contributed by atoms with van der Waals surface area (Å²) in [4.78, 5) is 23.4. The minimum absolute atomic E-state index is 0.0365. The van der Waals surface area contributed by atoms with E-state index in [-0.39, 0.29) is 42.3 Å². The Labute approximate surface area is 152 Å². The highest BCUT2D eigenvalue weighted by Gasteiger charge is 2.23. The molecule has 2 aromatic carbocycles. The zero-order valence-corrected chi connectivity index (χ0v) is 15.0. The maximum Gasteiger partial charge on any atom is 0.240 e. The Hall–Kier alpha value is -2.45. The molecule has 3 N–H and O–H groups in total. The van der Waals surface area contributed by atoms with E-state index in [1.54, 1.807) is 12.1 Å². The number of carbonyl (C=O) groups is 2. The first-order valence-electron chi connectivity index (χ1n) is 8.48. The molecule has 3 rings (SSSR count). The highest BCUT2D eigenvalue weighted by atomic mass is 32.2. The first-order chi connectivity index (χ1) is 12.4. The van der Waals surface area contributed by atoms with Crippen LogP contribution in [0.25, 0.3) is 10.8 Å². The normalized spacial score (nSPS) is 14.2. The van der Waals surface area contributed by atoms with Gasteiger partial charge in [0.1, 0.15) is 0 Å². The summed E-state index contributed by atoms with van der Waals surface area (Å²) in [6.07, 6.45) is 1.93. The van der Waals surface area contributed by atoms with Crippen molar-refractivity contribution in [3.8, 4) is 0 Å². The van der Waals surface area contributed by atoms with Crippen LogP contribution in [0.4, 0.5) is 0 Å². The van der Waals surface area contributed by atoms with Gasteiger partial charge in [0.2, 0.25) is 21.8 Å². The lowest BCUT2D eigenvalue weighted by atomic mass is 10.1. The lowest BCUT2D eigenvalue weighted by Crippen LogP contribution is -2.39. The first-order valence-corrected chi connectivity index (χ1v) is 9.97. The van der Waals surface area contributed by atoms with Crippen LogP contribution >= 0.6 is 0 Å². The van der Waals surface area contributed by atoms with E-state index in [0.717, 1.165) is 23.6 Å². The Balaban J connectivity index is 1.47. The summed E-state index contributed by atoms with van der Waals surface area (Å²) in [7, 11) is -3.70. The van der Waals surface area contributed by atoms with E-state index >= 15 is 0 Å². The fraction of sp³-hybridized carbons (Fsp3) is 0.333. The van der Waals surface area contributed by atoms with E-state index in [0.29, 0.717) is 0 Å².